The molecule has 3 aromatic rings. The van der Waals surface area contributed by atoms with Crippen LogP contribution in [0.1, 0.15) is 28.9 Å². The van der Waals surface area contributed by atoms with Crippen molar-refractivity contribution >= 4 is 15.9 Å². The molecule has 2 aromatic carbocycles. The van der Waals surface area contributed by atoms with E-state index in [2.05, 4.69) is 10.3 Å². The molecule has 1 unspecified atom stereocenters. The summed E-state index contributed by atoms with van der Waals surface area (Å²) in [4.78, 5) is 16.4. The van der Waals surface area contributed by atoms with Crippen LogP contribution in [-0.2, 0) is 10.0 Å². The molecule has 1 amide bonds. The SMILES string of the molecule is CC(NC(=O)c1ccc(-n2ccnc2)cc1)c1cccc(S(N)(=O)=O)c1. The molecule has 0 aliphatic rings. The van der Waals surface area contributed by atoms with Crippen LogP contribution in [0.2, 0.25) is 0 Å². The summed E-state index contributed by atoms with van der Waals surface area (Å²) in [7, 11) is -3.79. The molecule has 26 heavy (non-hydrogen) atoms. The molecule has 0 saturated carbocycles. The minimum absolute atomic E-state index is 0.0146. The average molecular weight is 370 g/mol. The Morgan fingerprint density at radius 1 is 1.19 bits per heavy atom. The fraction of sp³-hybridized carbons (Fsp3) is 0.111. The van der Waals surface area contributed by atoms with Crippen molar-refractivity contribution in [2.45, 2.75) is 17.9 Å². The Morgan fingerprint density at radius 3 is 2.54 bits per heavy atom. The second-order valence-corrected chi connectivity index (χ2v) is 7.39. The third-order valence-electron chi connectivity index (χ3n) is 3.97. The molecule has 1 atom stereocenters. The molecule has 8 heteroatoms. The topological polar surface area (TPSA) is 107 Å². The van der Waals surface area contributed by atoms with Gasteiger partial charge in [-0.25, -0.2) is 18.5 Å². The third kappa shape index (κ3) is 3.98. The first-order valence-electron chi connectivity index (χ1n) is 7.86. The summed E-state index contributed by atoms with van der Waals surface area (Å²) in [5.41, 5.74) is 2.05. The van der Waals surface area contributed by atoms with Crippen molar-refractivity contribution in [2.24, 2.45) is 5.14 Å². The fourth-order valence-corrected chi connectivity index (χ4v) is 3.09. The fourth-order valence-electron chi connectivity index (χ4n) is 2.52. The van der Waals surface area contributed by atoms with Crippen molar-refractivity contribution in [1.29, 1.82) is 0 Å². The van der Waals surface area contributed by atoms with Crippen molar-refractivity contribution < 1.29 is 13.2 Å². The zero-order chi connectivity index (χ0) is 18.7. The lowest BCUT2D eigenvalue weighted by Crippen LogP contribution is -2.26. The molecule has 1 aromatic heterocycles. The van der Waals surface area contributed by atoms with Crippen molar-refractivity contribution in [2.75, 3.05) is 0 Å². The number of aromatic nitrogens is 2. The van der Waals surface area contributed by atoms with E-state index in [1.165, 1.54) is 12.1 Å². The van der Waals surface area contributed by atoms with Gasteiger partial charge in [0.2, 0.25) is 10.0 Å². The number of imidazole rings is 1. The van der Waals surface area contributed by atoms with Crippen LogP contribution < -0.4 is 10.5 Å². The Balaban J connectivity index is 1.73. The molecule has 134 valence electrons. The Labute approximate surface area is 151 Å². The van der Waals surface area contributed by atoms with Gasteiger partial charge in [0.15, 0.2) is 0 Å². The zero-order valence-corrected chi connectivity index (χ0v) is 14.8. The predicted octanol–water partition coefficient (Wildman–Crippen LogP) is 2.01. The number of nitrogens with one attached hydrogen (secondary N) is 1. The summed E-state index contributed by atoms with van der Waals surface area (Å²) >= 11 is 0. The Hall–Kier alpha value is -2.97. The van der Waals surface area contributed by atoms with E-state index in [0.29, 0.717) is 11.1 Å². The highest BCUT2D eigenvalue weighted by molar-refractivity contribution is 7.89. The molecule has 0 aliphatic carbocycles. The highest BCUT2D eigenvalue weighted by Crippen LogP contribution is 2.17. The maximum Gasteiger partial charge on any atom is 0.251 e. The van der Waals surface area contributed by atoms with Gasteiger partial charge in [-0.05, 0) is 48.9 Å². The molecule has 0 spiro atoms. The molecule has 3 rings (SSSR count). The maximum atomic E-state index is 12.4. The average Bonchev–Trinajstić information content (AvgIpc) is 3.16. The molecule has 0 aliphatic heterocycles. The molecular weight excluding hydrogens is 352 g/mol. The predicted molar refractivity (Wildman–Crippen MR) is 97.3 cm³/mol. The standard InChI is InChI=1S/C18H18N4O3S/c1-13(15-3-2-4-17(11-15)26(19,24)25)21-18(23)14-5-7-16(8-6-14)22-10-9-20-12-22/h2-13H,1H3,(H,21,23)(H2,19,24,25). The van der Waals surface area contributed by atoms with E-state index in [-0.39, 0.29) is 16.8 Å². The second-order valence-electron chi connectivity index (χ2n) is 5.83. The summed E-state index contributed by atoms with van der Waals surface area (Å²) in [6.07, 6.45) is 5.17. The van der Waals surface area contributed by atoms with Crippen molar-refractivity contribution in [3.8, 4) is 5.69 Å². The first-order chi connectivity index (χ1) is 12.3. The first kappa shape index (κ1) is 17.8. The maximum absolute atomic E-state index is 12.4. The molecule has 0 saturated heterocycles. The van der Waals surface area contributed by atoms with Crippen molar-refractivity contribution in [3.05, 3.63) is 78.4 Å². The van der Waals surface area contributed by atoms with Gasteiger partial charge in [0, 0.05) is 23.6 Å². The number of carbonyl (C=O) groups excluding carboxylic acids is 1. The van der Waals surface area contributed by atoms with E-state index in [9.17, 15) is 13.2 Å². The summed E-state index contributed by atoms with van der Waals surface area (Å²) in [6, 6.07) is 12.9. The number of nitrogens with two attached hydrogens (primary N) is 1. The van der Waals surface area contributed by atoms with E-state index in [0.717, 1.165) is 5.69 Å². The van der Waals surface area contributed by atoms with Gasteiger partial charge in [0.1, 0.15) is 0 Å². The van der Waals surface area contributed by atoms with Crippen molar-refractivity contribution in [1.82, 2.24) is 14.9 Å². The van der Waals surface area contributed by atoms with Gasteiger partial charge >= 0.3 is 0 Å². The minimum atomic E-state index is -3.79. The normalized spacial score (nSPS) is 12.5. The summed E-state index contributed by atoms with van der Waals surface area (Å²) in [6.45, 7) is 1.78. The van der Waals surface area contributed by atoms with Crippen LogP contribution in [0.5, 0.6) is 0 Å². The minimum Gasteiger partial charge on any atom is -0.346 e. The number of rotatable bonds is 5. The smallest absolute Gasteiger partial charge is 0.251 e. The number of hydrogen-bond acceptors (Lipinski definition) is 4. The molecule has 3 N–H and O–H groups in total. The Kier molecular flexibility index (Phi) is 4.88. The number of hydrogen-bond donors (Lipinski definition) is 2. The van der Waals surface area contributed by atoms with Crippen LogP contribution in [-0.4, -0.2) is 23.9 Å². The lowest BCUT2D eigenvalue weighted by molar-refractivity contribution is 0.0940. The van der Waals surface area contributed by atoms with Crippen molar-refractivity contribution in [3.63, 3.8) is 0 Å². The highest BCUT2D eigenvalue weighted by atomic mass is 32.2. The second kappa shape index (κ2) is 7.11. The summed E-state index contributed by atoms with van der Waals surface area (Å²) < 4.78 is 24.8. The molecule has 0 radical (unpaired) electrons. The van der Waals surface area contributed by atoms with Gasteiger partial charge in [0.05, 0.1) is 17.3 Å². The quantitative estimate of drug-likeness (QED) is 0.716. The summed E-state index contributed by atoms with van der Waals surface area (Å²) in [5, 5.41) is 8.00. The van der Waals surface area contributed by atoms with E-state index in [1.54, 1.807) is 43.7 Å². The van der Waals surface area contributed by atoms with Crippen LogP contribution in [0, 0.1) is 0 Å². The van der Waals surface area contributed by atoms with Crippen LogP contribution in [0.15, 0.2) is 72.1 Å². The monoisotopic (exact) mass is 370 g/mol. The van der Waals surface area contributed by atoms with Gasteiger partial charge in [-0.1, -0.05) is 12.1 Å². The largest absolute Gasteiger partial charge is 0.346 e. The Bertz CT molecular complexity index is 1010. The molecular formula is C18H18N4O3S. The van der Waals surface area contributed by atoms with E-state index >= 15 is 0 Å². The van der Waals surface area contributed by atoms with Gasteiger partial charge < -0.3 is 9.88 Å². The van der Waals surface area contributed by atoms with Gasteiger partial charge in [0.25, 0.3) is 5.91 Å². The summed E-state index contributed by atoms with van der Waals surface area (Å²) in [5.74, 6) is -0.254. The molecule has 7 nitrogen and oxygen atoms in total. The molecule has 0 bridgehead atoms. The lowest BCUT2D eigenvalue weighted by Gasteiger charge is -2.15. The van der Waals surface area contributed by atoms with Gasteiger partial charge in [-0.3, -0.25) is 4.79 Å². The number of carbonyl (C=O) groups is 1. The van der Waals surface area contributed by atoms with Crippen LogP contribution in [0.4, 0.5) is 0 Å². The first-order valence-corrected chi connectivity index (χ1v) is 9.41. The molecule has 0 fully saturated rings. The number of benzene rings is 2. The van der Waals surface area contributed by atoms with Gasteiger partial charge in [-0.15, -0.1) is 0 Å². The van der Waals surface area contributed by atoms with Crippen LogP contribution >= 0.6 is 0 Å². The van der Waals surface area contributed by atoms with E-state index < -0.39 is 10.0 Å². The number of amides is 1. The number of primary sulfonamides is 1. The van der Waals surface area contributed by atoms with E-state index in [1.807, 2.05) is 22.9 Å². The lowest BCUT2D eigenvalue weighted by atomic mass is 10.1. The van der Waals surface area contributed by atoms with Crippen LogP contribution in [0.25, 0.3) is 5.69 Å². The number of sulfonamides is 1. The van der Waals surface area contributed by atoms with Gasteiger partial charge in [-0.2, -0.15) is 0 Å². The van der Waals surface area contributed by atoms with Crippen LogP contribution in [0.3, 0.4) is 0 Å². The Morgan fingerprint density at radius 2 is 1.92 bits per heavy atom. The third-order valence-corrected chi connectivity index (χ3v) is 4.88. The highest BCUT2D eigenvalue weighted by Gasteiger charge is 2.14. The van der Waals surface area contributed by atoms with E-state index in [4.69, 9.17) is 5.14 Å². The zero-order valence-electron chi connectivity index (χ0n) is 14.0. The number of nitrogens with zero attached hydrogens (tertiary/aromatic N) is 2. The molecule has 1 heterocycles.